The zero-order chi connectivity index (χ0) is 11.5. The van der Waals surface area contributed by atoms with Crippen molar-refractivity contribution in [3.63, 3.8) is 0 Å². The molecule has 2 rings (SSSR count). The summed E-state index contributed by atoms with van der Waals surface area (Å²) in [7, 11) is 0. The summed E-state index contributed by atoms with van der Waals surface area (Å²) in [6.07, 6.45) is 3.80. The maximum atomic E-state index is 4.14. The van der Waals surface area contributed by atoms with Crippen LogP contribution in [0.4, 0.5) is 0 Å². The SMILES string of the molecule is Cc1ccc(C(C)c2ccncc2C)cc1. The molecule has 0 N–H and O–H groups in total. The molecule has 0 aliphatic carbocycles. The minimum absolute atomic E-state index is 0.434. The second kappa shape index (κ2) is 4.48. The van der Waals surface area contributed by atoms with Crippen LogP contribution in [0.5, 0.6) is 0 Å². The highest BCUT2D eigenvalue weighted by atomic mass is 14.6. The van der Waals surface area contributed by atoms with E-state index in [1.165, 1.54) is 22.3 Å². The number of aromatic nitrogens is 1. The minimum Gasteiger partial charge on any atom is -0.264 e. The van der Waals surface area contributed by atoms with Crippen molar-refractivity contribution in [3.05, 3.63) is 65.0 Å². The molecular weight excluding hydrogens is 194 g/mol. The third-order valence-corrected chi connectivity index (χ3v) is 3.11. The number of aryl methyl sites for hydroxylation is 2. The fraction of sp³-hybridized carbons (Fsp3) is 0.267. The summed E-state index contributed by atoms with van der Waals surface area (Å²) in [5, 5.41) is 0. The molecule has 0 saturated heterocycles. The van der Waals surface area contributed by atoms with Gasteiger partial charge in [-0.2, -0.15) is 0 Å². The Morgan fingerprint density at radius 2 is 1.69 bits per heavy atom. The molecule has 0 aliphatic heterocycles. The van der Waals surface area contributed by atoms with E-state index in [4.69, 9.17) is 0 Å². The van der Waals surface area contributed by atoms with Crippen molar-refractivity contribution in [2.24, 2.45) is 0 Å². The van der Waals surface area contributed by atoms with E-state index >= 15 is 0 Å². The van der Waals surface area contributed by atoms with Crippen molar-refractivity contribution < 1.29 is 0 Å². The van der Waals surface area contributed by atoms with Crippen LogP contribution in [0.25, 0.3) is 0 Å². The lowest BCUT2D eigenvalue weighted by molar-refractivity contribution is 0.903. The molecule has 0 radical (unpaired) electrons. The number of benzene rings is 1. The van der Waals surface area contributed by atoms with Gasteiger partial charge in [-0.3, -0.25) is 4.98 Å². The molecule has 0 fully saturated rings. The van der Waals surface area contributed by atoms with E-state index in [-0.39, 0.29) is 0 Å². The highest BCUT2D eigenvalue weighted by molar-refractivity contribution is 5.35. The summed E-state index contributed by atoms with van der Waals surface area (Å²) in [4.78, 5) is 4.14. The largest absolute Gasteiger partial charge is 0.264 e. The van der Waals surface area contributed by atoms with Crippen molar-refractivity contribution >= 4 is 0 Å². The van der Waals surface area contributed by atoms with Crippen LogP contribution in [0, 0.1) is 13.8 Å². The summed E-state index contributed by atoms with van der Waals surface area (Å²) < 4.78 is 0. The van der Waals surface area contributed by atoms with Crippen molar-refractivity contribution in [1.29, 1.82) is 0 Å². The third kappa shape index (κ3) is 2.13. The number of hydrogen-bond donors (Lipinski definition) is 0. The molecule has 0 bridgehead atoms. The molecule has 1 nitrogen and oxygen atoms in total. The lowest BCUT2D eigenvalue weighted by atomic mass is 9.91. The van der Waals surface area contributed by atoms with Gasteiger partial charge in [0.15, 0.2) is 0 Å². The van der Waals surface area contributed by atoms with Crippen LogP contribution in [-0.2, 0) is 0 Å². The molecule has 16 heavy (non-hydrogen) atoms. The first-order valence-electron chi connectivity index (χ1n) is 5.65. The standard InChI is InChI=1S/C15H17N/c1-11-4-6-14(7-5-11)13(3)15-8-9-16-10-12(15)2/h4-10,13H,1-3H3. The van der Waals surface area contributed by atoms with Gasteiger partial charge >= 0.3 is 0 Å². The Kier molecular flexibility index (Phi) is 3.04. The molecule has 2 aromatic rings. The summed E-state index contributed by atoms with van der Waals surface area (Å²) in [5.74, 6) is 0.434. The van der Waals surface area contributed by atoms with Crippen molar-refractivity contribution in [2.75, 3.05) is 0 Å². The van der Waals surface area contributed by atoms with Gasteiger partial charge in [0.2, 0.25) is 0 Å². The second-order valence-corrected chi connectivity index (χ2v) is 4.36. The number of nitrogens with zero attached hydrogens (tertiary/aromatic N) is 1. The Labute approximate surface area is 97.2 Å². The molecular formula is C15H17N. The molecule has 1 aromatic heterocycles. The topological polar surface area (TPSA) is 12.9 Å². The maximum absolute atomic E-state index is 4.14. The zero-order valence-electron chi connectivity index (χ0n) is 10.1. The van der Waals surface area contributed by atoms with Gasteiger partial charge < -0.3 is 0 Å². The van der Waals surface area contributed by atoms with E-state index in [1.807, 2.05) is 12.4 Å². The van der Waals surface area contributed by atoms with E-state index < -0.39 is 0 Å². The van der Waals surface area contributed by atoms with Gasteiger partial charge in [0.05, 0.1) is 0 Å². The van der Waals surface area contributed by atoms with Gasteiger partial charge in [-0.1, -0.05) is 36.8 Å². The van der Waals surface area contributed by atoms with Crippen LogP contribution >= 0.6 is 0 Å². The van der Waals surface area contributed by atoms with Gasteiger partial charge in [0.25, 0.3) is 0 Å². The molecule has 1 heterocycles. The molecule has 1 unspecified atom stereocenters. The minimum atomic E-state index is 0.434. The van der Waals surface area contributed by atoms with Crippen LogP contribution in [0.3, 0.4) is 0 Å². The average Bonchev–Trinajstić information content (AvgIpc) is 2.30. The Hall–Kier alpha value is -1.63. The van der Waals surface area contributed by atoms with E-state index in [9.17, 15) is 0 Å². The number of hydrogen-bond acceptors (Lipinski definition) is 1. The first-order chi connectivity index (χ1) is 7.68. The van der Waals surface area contributed by atoms with Crippen molar-refractivity contribution in [3.8, 4) is 0 Å². The highest BCUT2D eigenvalue weighted by Gasteiger charge is 2.10. The van der Waals surface area contributed by atoms with Crippen LogP contribution in [0.1, 0.15) is 35.1 Å². The predicted octanol–water partition coefficient (Wildman–Crippen LogP) is 3.85. The fourth-order valence-electron chi connectivity index (χ4n) is 2.00. The molecule has 1 aromatic carbocycles. The summed E-state index contributed by atoms with van der Waals surface area (Å²) >= 11 is 0. The van der Waals surface area contributed by atoms with Crippen LogP contribution < -0.4 is 0 Å². The Morgan fingerprint density at radius 1 is 1.00 bits per heavy atom. The van der Waals surface area contributed by atoms with Crippen LogP contribution in [-0.4, -0.2) is 4.98 Å². The summed E-state index contributed by atoms with van der Waals surface area (Å²) in [6.45, 7) is 6.48. The van der Waals surface area contributed by atoms with Crippen LogP contribution in [0.2, 0.25) is 0 Å². The summed E-state index contributed by atoms with van der Waals surface area (Å²) in [5.41, 5.74) is 5.29. The van der Waals surface area contributed by atoms with E-state index in [0.29, 0.717) is 5.92 Å². The Balaban J connectivity index is 2.35. The van der Waals surface area contributed by atoms with Gasteiger partial charge in [-0.05, 0) is 36.6 Å². The first-order valence-corrected chi connectivity index (χ1v) is 5.65. The molecule has 0 aliphatic rings. The predicted molar refractivity (Wildman–Crippen MR) is 67.7 cm³/mol. The van der Waals surface area contributed by atoms with Crippen LogP contribution in [0.15, 0.2) is 42.7 Å². The van der Waals surface area contributed by atoms with Crippen molar-refractivity contribution in [2.45, 2.75) is 26.7 Å². The summed E-state index contributed by atoms with van der Waals surface area (Å²) in [6, 6.07) is 10.9. The van der Waals surface area contributed by atoms with Gasteiger partial charge in [0.1, 0.15) is 0 Å². The monoisotopic (exact) mass is 211 g/mol. The van der Waals surface area contributed by atoms with E-state index in [0.717, 1.165) is 0 Å². The van der Waals surface area contributed by atoms with E-state index in [2.05, 4.69) is 56.1 Å². The zero-order valence-corrected chi connectivity index (χ0v) is 10.1. The molecule has 0 saturated carbocycles. The number of pyridine rings is 1. The highest BCUT2D eigenvalue weighted by Crippen LogP contribution is 2.26. The molecule has 0 amide bonds. The Bertz CT molecular complexity index is 471. The van der Waals surface area contributed by atoms with E-state index in [1.54, 1.807) is 0 Å². The van der Waals surface area contributed by atoms with Gasteiger partial charge in [-0.15, -0.1) is 0 Å². The fourth-order valence-corrected chi connectivity index (χ4v) is 2.00. The first kappa shape index (κ1) is 10.9. The molecule has 82 valence electrons. The Morgan fingerprint density at radius 3 is 2.31 bits per heavy atom. The molecule has 1 heteroatoms. The van der Waals surface area contributed by atoms with Gasteiger partial charge in [-0.25, -0.2) is 0 Å². The second-order valence-electron chi connectivity index (χ2n) is 4.36. The van der Waals surface area contributed by atoms with Crippen molar-refractivity contribution in [1.82, 2.24) is 4.98 Å². The molecule has 0 spiro atoms. The average molecular weight is 211 g/mol. The molecule has 1 atom stereocenters. The quantitative estimate of drug-likeness (QED) is 0.735. The number of rotatable bonds is 2. The third-order valence-electron chi connectivity index (χ3n) is 3.11. The normalized spacial score (nSPS) is 12.4. The lowest BCUT2D eigenvalue weighted by Gasteiger charge is -2.14. The lowest BCUT2D eigenvalue weighted by Crippen LogP contribution is -1.99. The van der Waals surface area contributed by atoms with Gasteiger partial charge in [0, 0.05) is 18.3 Å². The maximum Gasteiger partial charge on any atom is 0.0300 e. The smallest absolute Gasteiger partial charge is 0.0300 e.